The Kier molecular flexibility index (Phi) is 5.52. The number of aryl methyl sites for hydroxylation is 1. The van der Waals surface area contributed by atoms with E-state index >= 15 is 0 Å². The summed E-state index contributed by atoms with van der Waals surface area (Å²) in [5, 5.41) is 3.68. The number of anilines is 1. The zero-order chi connectivity index (χ0) is 19.4. The number of nitrogens with one attached hydrogen (secondary N) is 1. The third kappa shape index (κ3) is 4.32. The highest BCUT2D eigenvalue weighted by Crippen LogP contribution is 2.23. The average molecular weight is 386 g/mol. The first-order valence-electron chi connectivity index (χ1n) is 8.02. The van der Waals surface area contributed by atoms with Crippen LogP contribution >= 0.6 is 11.6 Å². The van der Waals surface area contributed by atoms with Crippen LogP contribution in [0.15, 0.2) is 42.5 Å². The van der Waals surface area contributed by atoms with Crippen LogP contribution < -0.4 is 10.1 Å². The van der Waals surface area contributed by atoms with Gasteiger partial charge in [-0.1, -0.05) is 23.7 Å². The van der Waals surface area contributed by atoms with Crippen molar-refractivity contribution in [2.75, 3.05) is 19.0 Å². The van der Waals surface area contributed by atoms with Gasteiger partial charge in [0.15, 0.2) is 6.61 Å². The minimum absolute atomic E-state index is 0.193. The van der Waals surface area contributed by atoms with E-state index in [2.05, 4.69) is 15.3 Å². The monoisotopic (exact) mass is 385 g/mol. The van der Waals surface area contributed by atoms with Crippen LogP contribution in [0.5, 0.6) is 5.88 Å². The van der Waals surface area contributed by atoms with E-state index in [4.69, 9.17) is 21.1 Å². The molecule has 0 spiro atoms. The van der Waals surface area contributed by atoms with Crippen LogP contribution in [-0.4, -0.2) is 35.6 Å². The minimum atomic E-state index is -0.583. The fourth-order valence-corrected chi connectivity index (χ4v) is 2.67. The maximum Gasteiger partial charge on any atom is 0.339 e. The number of ether oxygens (including phenoxy) is 2. The van der Waals surface area contributed by atoms with Gasteiger partial charge in [-0.25, -0.2) is 9.78 Å². The van der Waals surface area contributed by atoms with E-state index < -0.39 is 11.9 Å². The summed E-state index contributed by atoms with van der Waals surface area (Å²) < 4.78 is 10.3. The molecule has 138 valence electrons. The summed E-state index contributed by atoms with van der Waals surface area (Å²) in [5.74, 6) is -0.206. The van der Waals surface area contributed by atoms with Crippen molar-refractivity contribution in [3.05, 3.63) is 58.9 Å². The molecule has 0 saturated carbocycles. The molecule has 27 heavy (non-hydrogen) atoms. The number of fused-ring (bicyclic) bond motifs is 1. The Morgan fingerprint density at radius 3 is 2.70 bits per heavy atom. The van der Waals surface area contributed by atoms with Crippen molar-refractivity contribution < 1.29 is 19.1 Å². The van der Waals surface area contributed by atoms with Crippen LogP contribution in [-0.2, 0) is 9.53 Å². The standard InChI is InChI=1S/C19H16ClN3O4/c1-11-21-15-6-4-3-5-13(15)18(22-11)27-10-17(24)23-16-9-12(20)7-8-14(16)19(25)26-2/h3-9H,10H2,1-2H3,(H,23,24). The molecule has 1 N–H and O–H groups in total. The number of halogens is 1. The van der Waals surface area contributed by atoms with Crippen LogP contribution in [0.4, 0.5) is 5.69 Å². The number of para-hydroxylation sites is 1. The fourth-order valence-electron chi connectivity index (χ4n) is 2.50. The van der Waals surface area contributed by atoms with Crippen LogP contribution in [0, 0.1) is 6.92 Å². The highest BCUT2D eigenvalue weighted by molar-refractivity contribution is 6.31. The summed E-state index contributed by atoms with van der Waals surface area (Å²) >= 11 is 5.95. The van der Waals surface area contributed by atoms with Crippen molar-refractivity contribution in [3.63, 3.8) is 0 Å². The van der Waals surface area contributed by atoms with Gasteiger partial charge in [-0.05, 0) is 37.3 Å². The summed E-state index contributed by atoms with van der Waals surface area (Å²) in [6, 6.07) is 11.8. The number of rotatable bonds is 5. The third-order valence-electron chi connectivity index (χ3n) is 3.68. The number of esters is 1. The van der Waals surface area contributed by atoms with Gasteiger partial charge in [-0.15, -0.1) is 0 Å². The van der Waals surface area contributed by atoms with Gasteiger partial charge in [0.2, 0.25) is 5.88 Å². The molecule has 8 heteroatoms. The topological polar surface area (TPSA) is 90.4 Å². The Labute approximate surface area is 160 Å². The lowest BCUT2D eigenvalue weighted by Gasteiger charge is -2.12. The fraction of sp³-hybridized carbons (Fsp3) is 0.158. The molecule has 3 rings (SSSR count). The Hall–Kier alpha value is -3.19. The molecule has 7 nitrogen and oxygen atoms in total. The van der Waals surface area contributed by atoms with Crippen molar-refractivity contribution in [1.29, 1.82) is 0 Å². The summed E-state index contributed by atoms with van der Waals surface area (Å²) in [5.41, 5.74) is 1.16. The highest BCUT2D eigenvalue weighted by atomic mass is 35.5. The van der Waals surface area contributed by atoms with Gasteiger partial charge < -0.3 is 14.8 Å². The predicted molar refractivity (Wildman–Crippen MR) is 101 cm³/mol. The first kappa shape index (κ1) is 18.6. The zero-order valence-electron chi connectivity index (χ0n) is 14.7. The molecule has 3 aromatic rings. The van der Waals surface area contributed by atoms with Gasteiger partial charge in [-0.3, -0.25) is 4.79 Å². The molecule has 0 radical (unpaired) electrons. The maximum atomic E-state index is 12.3. The number of nitrogens with zero attached hydrogens (tertiary/aromatic N) is 2. The quantitative estimate of drug-likeness (QED) is 0.677. The molecule has 0 fully saturated rings. The van der Waals surface area contributed by atoms with Crippen molar-refractivity contribution in [2.24, 2.45) is 0 Å². The molecule has 0 atom stereocenters. The lowest BCUT2D eigenvalue weighted by atomic mass is 10.2. The van der Waals surface area contributed by atoms with Crippen LogP contribution in [0.2, 0.25) is 5.02 Å². The zero-order valence-corrected chi connectivity index (χ0v) is 15.4. The molecule has 0 aliphatic heterocycles. The van der Waals surface area contributed by atoms with E-state index in [0.717, 1.165) is 5.52 Å². The second-order valence-corrected chi connectivity index (χ2v) is 6.05. The summed E-state index contributed by atoms with van der Waals surface area (Å²) in [7, 11) is 1.26. The van der Waals surface area contributed by atoms with Gasteiger partial charge in [0.1, 0.15) is 5.82 Å². The number of aromatic nitrogens is 2. The lowest BCUT2D eigenvalue weighted by Crippen LogP contribution is -2.22. The number of hydrogen-bond acceptors (Lipinski definition) is 6. The van der Waals surface area contributed by atoms with E-state index in [1.54, 1.807) is 6.92 Å². The number of hydrogen-bond donors (Lipinski definition) is 1. The highest BCUT2D eigenvalue weighted by Gasteiger charge is 2.15. The average Bonchev–Trinajstić information content (AvgIpc) is 2.65. The molecule has 1 amide bonds. The Morgan fingerprint density at radius 2 is 1.93 bits per heavy atom. The summed E-state index contributed by atoms with van der Waals surface area (Å²) in [6.45, 7) is 1.45. The summed E-state index contributed by atoms with van der Waals surface area (Å²) in [6.07, 6.45) is 0. The number of amides is 1. The smallest absolute Gasteiger partial charge is 0.339 e. The van der Waals surface area contributed by atoms with E-state index in [1.807, 2.05) is 24.3 Å². The first-order valence-corrected chi connectivity index (χ1v) is 8.39. The molecule has 1 heterocycles. The van der Waals surface area contributed by atoms with E-state index in [1.165, 1.54) is 25.3 Å². The molecule has 1 aromatic heterocycles. The molecule has 0 bridgehead atoms. The van der Waals surface area contributed by atoms with E-state index in [-0.39, 0.29) is 17.9 Å². The van der Waals surface area contributed by atoms with Gasteiger partial charge in [0, 0.05) is 5.02 Å². The largest absolute Gasteiger partial charge is 0.467 e. The molecular weight excluding hydrogens is 370 g/mol. The first-order chi connectivity index (χ1) is 13.0. The normalized spacial score (nSPS) is 10.5. The molecule has 0 saturated heterocycles. The number of carbonyl (C=O) groups is 2. The van der Waals surface area contributed by atoms with E-state index in [0.29, 0.717) is 22.1 Å². The second-order valence-electron chi connectivity index (χ2n) is 5.61. The van der Waals surface area contributed by atoms with Crippen LogP contribution in [0.3, 0.4) is 0 Å². The van der Waals surface area contributed by atoms with E-state index in [9.17, 15) is 9.59 Å². The van der Waals surface area contributed by atoms with Crippen LogP contribution in [0.1, 0.15) is 16.2 Å². The number of benzene rings is 2. The van der Waals surface area contributed by atoms with Crippen molar-refractivity contribution in [3.8, 4) is 5.88 Å². The molecule has 2 aromatic carbocycles. The maximum absolute atomic E-state index is 12.3. The van der Waals surface area contributed by atoms with Crippen molar-refractivity contribution in [2.45, 2.75) is 6.92 Å². The summed E-state index contributed by atoms with van der Waals surface area (Å²) in [4.78, 5) is 32.7. The van der Waals surface area contributed by atoms with Gasteiger partial charge >= 0.3 is 5.97 Å². The second kappa shape index (κ2) is 8.01. The van der Waals surface area contributed by atoms with Crippen molar-refractivity contribution >= 4 is 40.1 Å². The van der Waals surface area contributed by atoms with Crippen molar-refractivity contribution in [1.82, 2.24) is 9.97 Å². The molecule has 0 unspecified atom stereocenters. The predicted octanol–water partition coefficient (Wildman–Crippen LogP) is 3.40. The number of methoxy groups -OCH3 is 1. The lowest BCUT2D eigenvalue weighted by molar-refractivity contribution is -0.118. The Morgan fingerprint density at radius 1 is 1.15 bits per heavy atom. The molecule has 0 aliphatic rings. The van der Waals surface area contributed by atoms with Gasteiger partial charge in [0.25, 0.3) is 5.91 Å². The Bertz CT molecular complexity index is 1020. The number of carbonyl (C=O) groups excluding carboxylic acids is 2. The third-order valence-corrected chi connectivity index (χ3v) is 3.92. The van der Waals surface area contributed by atoms with Gasteiger partial charge in [0.05, 0.1) is 29.3 Å². The molecule has 0 aliphatic carbocycles. The van der Waals surface area contributed by atoms with Gasteiger partial charge in [-0.2, -0.15) is 4.98 Å². The molecular formula is C19H16ClN3O4. The SMILES string of the molecule is COC(=O)c1ccc(Cl)cc1NC(=O)COc1nc(C)nc2ccccc12. The Balaban J connectivity index is 1.77. The van der Waals surface area contributed by atoms with Crippen LogP contribution in [0.25, 0.3) is 10.9 Å². The minimum Gasteiger partial charge on any atom is -0.467 e.